The van der Waals surface area contributed by atoms with E-state index < -0.39 is 49.6 Å². The van der Waals surface area contributed by atoms with E-state index in [9.17, 15) is 41.1 Å². The minimum Gasteiger partial charge on any atom is -0.493 e. The predicted octanol–water partition coefficient (Wildman–Crippen LogP) is 3.81. The lowest BCUT2D eigenvalue weighted by atomic mass is 9.91. The summed E-state index contributed by atoms with van der Waals surface area (Å²) in [4.78, 5) is 51.3. The van der Waals surface area contributed by atoms with Crippen LogP contribution in [0.4, 0.5) is 0 Å². The molecule has 0 unspecified atom stereocenters. The van der Waals surface area contributed by atoms with E-state index in [2.05, 4.69) is 21.2 Å². The lowest BCUT2D eigenvalue weighted by Gasteiger charge is -2.37. The number of carboxylic acid groups (broad SMARTS) is 1. The highest BCUT2D eigenvalue weighted by atomic mass is 32.2. The number of hydrogen-bond donors (Lipinski definition) is 5. The van der Waals surface area contributed by atoms with Gasteiger partial charge in [-0.05, 0) is 86.8 Å². The van der Waals surface area contributed by atoms with Gasteiger partial charge in [0.2, 0.25) is 11.8 Å². The number of β-amino-alcohol motifs (C(OH)–C–C–N with tert-alkyl or cyclic N) is 1. The normalized spacial score (nSPS) is 21.7. The number of carbonyl (C=O) groups is 4. The molecule has 6 atom stereocenters. The van der Waals surface area contributed by atoms with Gasteiger partial charge < -0.3 is 53.6 Å². The van der Waals surface area contributed by atoms with Gasteiger partial charge in [-0.15, -0.1) is 0 Å². The van der Waals surface area contributed by atoms with Gasteiger partial charge in [0.1, 0.15) is 6.10 Å². The number of esters is 1. The van der Waals surface area contributed by atoms with Gasteiger partial charge in [0, 0.05) is 71.2 Å². The number of methoxy groups -OCH3 is 4. The quantitative estimate of drug-likeness (QED) is 0.0627. The maximum absolute atomic E-state index is 12.4. The van der Waals surface area contributed by atoms with Crippen molar-refractivity contribution >= 4 is 44.0 Å². The largest absolute Gasteiger partial charge is 0.493 e. The Morgan fingerprint density at radius 1 is 0.641 bits per heavy atom. The molecular weight excluding hydrogens is 1060 g/mol. The van der Waals surface area contributed by atoms with Crippen LogP contribution in [0.5, 0.6) is 23.0 Å². The number of amides is 2. The number of nitrogens with one attached hydrogen (secondary N) is 1. The average Bonchev–Trinajstić information content (AvgIpc) is 4.08. The van der Waals surface area contributed by atoms with E-state index in [-0.39, 0.29) is 69.0 Å². The Balaban J connectivity index is 0.000000286. The molecule has 4 aliphatic rings. The van der Waals surface area contributed by atoms with Crippen molar-refractivity contribution in [3.05, 3.63) is 47.5 Å². The van der Waals surface area contributed by atoms with Crippen LogP contribution in [0, 0.1) is 0 Å². The van der Waals surface area contributed by atoms with E-state index in [4.69, 9.17) is 47.4 Å². The monoisotopic (exact) mass is 1140 g/mol. The van der Waals surface area contributed by atoms with Crippen LogP contribution in [-0.4, -0.2) is 211 Å². The Bertz CT molecular complexity index is 2410. The standard InChI is InChI=1S/C27H42N2O9S.C20H31NO4.C6H11NO6S/c1-28(15-17-39(32,33)34)26(30)10-11-27(31)38-21-12-14-29(19-21)22-6-4-5-7-23(22)37-16-13-20-8-9-24(35-2)25(18-20)36-3;1-23-19-8-7-15(13-20(19)24-2)10-12-25-18-6-4-3-5-17(18)21-11-9-16(22)14-21;8-5(1-2-6(9)10)7-3-4-14(11,12)13/h8-9,18,21-23H,4-7,10-17,19H2,1-3H3,(H,32,33,34);7-8,13,16-18,22H,3-6,9-12,14H2,1-2H3;1-4H2,(H,7,8)(H,9,10)(H,11,12,13)/t21-,22-,23-;16-,17-,18-;/m11./s1. The van der Waals surface area contributed by atoms with Crippen LogP contribution in [0.3, 0.4) is 0 Å². The Hall–Kier alpha value is -4.86. The van der Waals surface area contributed by atoms with Gasteiger partial charge in [-0.3, -0.25) is 38.1 Å². The van der Waals surface area contributed by atoms with Gasteiger partial charge in [0.25, 0.3) is 20.2 Å². The summed E-state index contributed by atoms with van der Waals surface area (Å²) >= 11 is 0. The molecule has 0 spiro atoms. The molecule has 2 amide bonds. The highest BCUT2D eigenvalue weighted by Crippen LogP contribution is 2.32. The van der Waals surface area contributed by atoms with Crippen LogP contribution < -0.4 is 24.3 Å². The molecule has 2 saturated heterocycles. The Kier molecular flexibility index (Phi) is 28.3. The van der Waals surface area contributed by atoms with E-state index in [1.54, 1.807) is 28.4 Å². The smallest absolute Gasteiger partial charge is 0.306 e. The summed E-state index contributed by atoms with van der Waals surface area (Å²) in [6.07, 6.45) is 11.8. The molecule has 0 bridgehead atoms. The molecule has 0 aromatic heterocycles. The van der Waals surface area contributed by atoms with Gasteiger partial charge in [-0.2, -0.15) is 16.8 Å². The number of aliphatic hydroxyl groups excluding tert-OH is 1. The maximum atomic E-state index is 12.4. The fourth-order valence-corrected chi connectivity index (χ4v) is 10.8. The number of carbonyl (C=O) groups excluding carboxylic acids is 3. The van der Waals surface area contributed by atoms with Crippen LogP contribution in [-0.2, 0) is 66.5 Å². The summed E-state index contributed by atoms with van der Waals surface area (Å²) < 4.78 is 98.8. The van der Waals surface area contributed by atoms with Gasteiger partial charge >= 0.3 is 11.9 Å². The number of likely N-dealkylation sites (tertiary alicyclic amines) is 2. The Morgan fingerprint density at radius 3 is 1.62 bits per heavy atom. The van der Waals surface area contributed by atoms with Crippen molar-refractivity contribution in [2.24, 2.45) is 0 Å². The summed E-state index contributed by atoms with van der Waals surface area (Å²) in [5.74, 6) is -0.667. The molecule has 0 radical (unpaired) electrons. The molecule has 2 heterocycles. The zero-order chi connectivity index (χ0) is 57.3. The highest BCUT2D eigenvalue weighted by Gasteiger charge is 2.37. The third kappa shape index (κ3) is 24.2. The van der Waals surface area contributed by atoms with Gasteiger partial charge in [-0.25, -0.2) is 0 Å². The van der Waals surface area contributed by atoms with Gasteiger partial charge in [0.15, 0.2) is 23.0 Å². The second-order valence-electron chi connectivity index (χ2n) is 19.9. The fourth-order valence-electron chi connectivity index (χ4n) is 9.98. The number of benzene rings is 2. The molecule has 4 fully saturated rings. The van der Waals surface area contributed by atoms with Crippen molar-refractivity contribution in [3.8, 4) is 23.0 Å². The zero-order valence-electron chi connectivity index (χ0n) is 45.9. The van der Waals surface area contributed by atoms with E-state index in [1.807, 2.05) is 30.3 Å². The van der Waals surface area contributed by atoms with Crippen molar-refractivity contribution in [1.82, 2.24) is 20.0 Å². The fraction of sp³-hybridized carbons (Fsp3) is 0.698. The first-order chi connectivity index (χ1) is 37.1. The average molecular weight is 1150 g/mol. The number of carboxylic acids is 1. The van der Waals surface area contributed by atoms with Crippen LogP contribution in [0.25, 0.3) is 0 Å². The Morgan fingerprint density at radius 2 is 1.14 bits per heavy atom. The molecule has 23 nitrogen and oxygen atoms in total. The van der Waals surface area contributed by atoms with Crippen molar-refractivity contribution < 1.29 is 88.5 Å². The Labute approximate surface area is 460 Å². The molecule has 2 saturated carbocycles. The SMILES string of the molecule is COc1ccc(CCO[C@@H]2CCCC[C@H]2N2CC[C@@H](O)C2)cc1OC.COc1ccc(CCO[C@@H]2CCCC[C@H]2N2CC[C@@H](OC(=O)CCC(=O)N(C)CCS(=O)(=O)O)C2)cc1OC.O=C(O)CCC(=O)NCCS(=O)(=O)O. The third-order valence-electron chi connectivity index (χ3n) is 14.2. The van der Waals surface area contributed by atoms with Crippen molar-refractivity contribution in [2.45, 2.75) is 139 Å². The molecule has 25 heteroatoms. The molecule has 78 heavy (non-hydrogen) atoms. The number of aliphatic carboxylic acids is 1. The second kappa shape index (κ2) is 33.7. The van der Waals surface area contributed by atoms with E-state index in [0.29, 0.717) is 43.4 Å². The summed E-state index contributed by atoms with van der Waals surface area (Å²) in [5, 5.41) is 20.2. The lowest BCUT2D eigenvalue weighted by Crippen LogP contribution is -2.46. The zero-order valence-corrected chi connectivity index (χ0v) is 47.5. The minimum atomic E-state index is -4.15. The first kappa shape index (κ1) is 65.7. The molecule has 442 valence electrons. The predicted molar refractivity (Wildman–Crippen MR) is 288 cm³/mol. The molecule has 2 aromatic rings. The highest BCUT2D eigenvalue weighted by molar-refractivity contribution is 7.86. The molecule has 5 N–H and O–H groups in total. The summed E-state index contributed by atoms with van der Waals surface area (Å²) in [6.45, 7) is 4.24. The third-order valence-corrected chi connectivity index (χ3v) is 15.6. The van der Waals surface area contributed by atoms with Gasteiger partial charge in [0.05, 0.1) is 84.3 Å². The molecule has 2 aromatic carbocycles. The van der Waals surface area contributed by atoms with Crippen molar-refractivity contribution in [3.63, 3.8) is 0 Å². The lowest BCUT2D eigenvalue weighted by molar-refractivity contribution is -0.150. The summed E-state index contributed by atoms with van der Waals surface area (Å²) in [5.41, 5.74) is 2.32. The summed E-state index contributed by atoms with van der Waals surface area (Å²) in [7, 11) is -0.239. The number of aliphatic hydroxyl groups is 1. The molecule has 2 aliphatic heterocycles. The maximum Gasteiger partial charge on any atom is 0.306 e. The van der Waals surface area contributed by atoms with E-state index >= 15 is 0 Å². The van der Waals surface area contributed by atoms with Crippen LogP contribution in [0.15, 0.2) is 36.4 Å². The molecule has 2 aliphatic carbocycles. The first-order valence-electron chi connectivity index (χ1n) is 26.7. The van der Waals surface area contributed by atoms with E-state index in [1.165, 1.54) is 36.8 Å². The van der Waals surface area contributed by atoms with Crippen LogP contribution in [0.2, 0.25) is 0 Å². The second-order valence-corrected chi connectivity index (χ2v) is 23.0. The van der Waals surface area contributed by atoms with E-state index in [0.717, 1.165) is 94.5 Å². The molecular formula is C53H84N4O19S2. The summed E-state index contributed by atoms with van der Waals surface area (Å²) in [6, 6.07) is 12.7. The number of nitrogens with zero attached hydrogens (tertiary/aromatic N) is 3. The van der Waals surface area contributed by atoms with Crippen LogP contribution >= 0.6 is 0 Å². The number of ether oxygens (including phenoxy) is 7. The number of rotatable bonds is 27. The minimum absolute atomic E-state index is 0.0726. The van der Waals surface area contributed by atoms with Gasteiger partial charge in [-0.1, -0.05) is 37.8 Å². The van der Waals surface area contributed by atoms with Crippen molar-refractivity contribution in [2.75, 3.05) is 99.5 Å². The molecule has 6 rings (SSSR count). The van der Waals surface area contributed by atoms with Crippen molar-refractivity contribution in [1.29, 1.82) is 0 Å². The number of hydrogen-bond acceptors (Lipinski definition) is 18. The first-order valence-corrected chi connectivity index (χ1v) is 30.0. The topological polar surface area (TPSA) is 304 Å². The van der Waals surface area contributed by atoms with Crippen LogP contribution in [0.1, 0.15) is 101 Å².